The van der Waals surface area contributed by atoms with E-state index in [1.165, 1.54) is 5.56 Å². The van der Waals surface area contributed by atoms with E-state index in [9.17, 15) is 15.3 Å². The Bertz CT molecular complexity index is 357. The smallest absolute Gasteiger partial charge is 0.134 e. The maximum absolute atomic E-state index is 9.67. The number of rotatable bonds is 5. The Morgan fingerprint density at radius 1 is 0.944 bits per heavy atom. The summed E-state index contributed by atoms with van der Waals surface area (Å²) >= 11 is 0. The number of aliphatic hydroxyl groups is 3. The van der Waals surface area contributed by atoms with Crippen LogP contribution in [0.2, 0.25) is 0 Å². The molecule has 1 saturated heterocycles. The summed E-state index contributed by atoms with van der Waals surface area (Å²) < 4.78 is 0. The highest BCUT2D eigenvalue weighted by molar-refractivity contribution is 5.14. The molecule has 0 amide bonds. The summed E-state index contributed by atoms with van der Waals surface area (Å²) in [4.78, 5) is 0. The summed E-state index contributed by atoms with van der Waals surface area (Å²) in [5.74, 6) is 0. The summed E-state index contributed by atoms with van der Waals surface area (Å²) in [5.41, 5.74) is 1.32. The first-order chi connectivity index (χ1) is 8.68. The van der Waals surface area contributed by atoms with Crippen LogP contribution in [-0.4, -0.2) is 39.8 Å². The fourth-order valence-electron chi connectivity index (χ4n) is 2.43. The fourth-order valence-corrected chi connectivity index (χ4v) is 2.43. The van der Waals surface area contributed by atoms with Crippen molar-refractivity contribution in [1.29, 1.82) is 0 Å². The summed E-state index contributed by atoms with van der Waals surface area (Å²) in [6.45, 7) is 0. The zero-order valence-electron chi connectivity index (χ0n) is 10.4. The second-order valence-corrected chi connectivity index (χ2v) is 4.93. The summed E-state index contributed by atoms with van der Waals surface area (Å²) in [6, 6.07) is 10.1. The minimum atomic E-state index is -1.07. The van der Waals surface area contributed by atoms with Gasteiger partial charge >= 0.3 is 0 Å². The van der Waals surface area contributed by atoms with Crippen molar-refractivity contribution in [2.24, 2.45) is 0 Å². The van der Waals surface area contributed by atoms with Crippen LogP contribution in [0.15, 0.2) is 30.3 Å². The van der Waals surface area contributed by atoms with Crippen LogP contribution in [0, 0.1) is 0 Å². The van der Waals surface area contributed by atoms with Crippen LogP contribution in [0.4, 0.5) is 0 Å². The van der Waals surface area contributed by atoms with Crippen LogP contribution < -0.4 is 5.32 Å². The number of nitrogens with one attached hydrogen (secondary N) is 1. The molecule has 1 aliphatic rings. The van der Waals surface area contributed by atoms with E-state index in [1.54, 1.807) is 0 Å². The van der Waals surface area contributed by atoms with Crippen molar-refractivity contribution in [3.8, 4) is 0 Å². The van der Waals surface area contributed by atoms with E-state index in [2.05, 4.69) is 17.4 Å². The first-order valence-corrected chi connectivity index (χ1v) is 6.52. The van der Waals surface area contributed by atoms with Crippen LogP contribution >= 0.6 is 0 Å². The van der Waals surface area contributed by atoms with Gasteiger partial charge < -0.3 is 15.3 Å². The van der Waals surface area contributed by atoms with Crippen molar-refractivity contribution >= 4 is 0 Å². The molecule has 0 radical (unpaired) electrons. The molecule has 1 heterocycles. The van der Waals surface area contributed by atoms with Gasteiger partial charge in [0.1, 0.15) is 12.3 Å². The first-order valence-electron chi connectivity index (χ1n) is 6.52. The quantitative estimate of drug-likeness (QED) is 0.572. The van der Waals surface area contributed by atoms with Gasteiger partial charge in [-0.25, -0.2) is 0 Å². The fraction of sp³-hybridized carbons (Fsp3) is 0.571. The monoisotopic (exact) mass is 251 g/mol. The Labute approximate surface area is 107 Å². The number of unbranched alkanes of at least 4 members (excludes halogenated alkanes) is 1. The van der Waals surface area contributed by atoms with Gasteiger partial charge in [-0.3, -0.25) is 5.32 Å². The minimum absolute atomic E-state index is 0.203. The highest BCUT2D eigenvalue weighted by Crippen LogP contribution is 2.18. The highest BCUT2D eigenvalue weighted by atomic mass is 16.4. The Hall–Kier alpha value is -0.940. The molecule has 4 nitrogen and oxygen atoms in total. The van der Waals surface area contributed by atoms with Gasteiger partial charge in [0.25, 0.3) is 0 Å². The average molecular weight is 251 g/mol. The highest BCUT2D eigenvalue weighted by Gasteiger charge is 2.39. The van der Waals surface area contributed by atoms with E-state index in [1.807, 2.05) is 18.2 Å². The van der Waals surface area contributed by atoms with E-state index < -0.39 is 18.4 Å². The number of hydrogen-bond donors (Lipinski definition) is 4. The molecule has 100 valence electrons. The van der Waals surface area contributed by atoms with Gasteiger partial charge in [-0.05, 0) is 24.8 Å². The molecule has 0 bridgehead atoms. The Kier molecular flexibility index (Phi) is 4.72. The molecular weight excluding hydrogens is 230 g/mol. The van der Waals surface area contributed by atoms with E-state index >= 15 is 0 Å². The van der Waals surface area contributed by atoms with E-state index in [-0.39, 0.29) is 6.04 Å². The zero-order valence-corrected chi connectivity index (χ0v) is 10.4. The van der Waals surface area contributed by atoms with Gasteiger partial charge in [0.2, 0.25) is 0 Å². The molecule has 1 aliphatic heterocycles. The van der Waals surface area contributed by atoms with Gasteiger partial charge in [-0.15, -0.1) is 0 Å². The molecule has 2 rings (SSSR count). The van der Waals surface area contributed by atoms with E-state index in [4.69, 9.17) is 0 Å². The summed E-state index contributed by atoms with van der Waals surface area (Å²) in [7, 11) is 0. The van der Waals surface area contributed by atoms with Crippen molar-refractivity contribution in [3.05, 3.63) is 35.9 Å². The number of aliphatic hydroxyl groups excluding tert-OH is 3. The Morgan fingerprint density at radius 3 is 2.28 bits per heavy atom. The normalized spacial score (nSPS) is 31.7. The molecule has 4 N–H and O–H groups in total. The molecule has 0 unspecified atom stereocenters. The average Bonchev–Trinajstić information content (AvgIpc) is 2.64. The van der Waals surface area contributed by atoms with Crippen LogP contribution in [0.3, 0.4) is 0 Å². The Balaban J connectivity index is 1.67. The zero-order chi connectivity index (χ0) is 13.0. The third-order valence-corrected chi connectivity index (χ3v) is 3.54. The van der Waals surface area contributed by atoms with Crippen LogP contribution in [-0.2, 0) is 6.42 Å². The van der Waals surface area contributed by atoms with Gasteiger partial charge in [-0.1, -0.05) is 36.8 Å². The second-order valence-electron chi connectivity index (χ2n) is 4.93. The molecule has 0 spiro atoms. The summed E-state index contributed by atoms with van der Waals surface area (Å²) in [6.07, 6.45) is 0.862. The van der Waals surface area contributed by atoms with Gasteiger partial charge in [0.05, 0.1) is 6.10 Å². The number of benzene rings is 1. The lowest BCUT2D eigenvalue weighted by Gasteiger charge is -2.15. The van der Waals surface area contributed by atoms with Crippen LogP contribution in [0.25, 0.3) is 0 Å². The number of aryl methyl sites for hydroxylation is 1. The molecule has 0 aromatic heterocycles. The van der Waals surface area contributed by atoms with Crippen LogP contribution in [0.1, 0.15) is 24.8 Å². The SMILES string of the molecule is O[C@H]1[C@H](O)[C@@H](CCCCc2ccccc2)N[C@@H]1O. The predicted octanol–water partition coefficient (Wildman–Crippen LogP) is 0.411. The number of hydrogen-bond acceptors (Lipinski definition) is 4. The lowest BCUT2D eigenvalue weighted by molar-refractivity contribution is -0.0241. The molecule has 1 aromatic rings. The molecule has 1 fully saturated rings. The molecule has 0 aliphatic carbocycles. The van der Waals surface area contributed by atoms with Gasteiger partial charge in [0, 0.05) is 6.04 Å². The lowest BCUT2D eigenvalue weighted by atomic mass is 10.0. The molecule has 4 heteroatoms. The van der Waals surface area contributed by atoms with Gasteiger partial charge in [-0.2, -0.15) is 0 Å². The van der Waals surface area contributed by atoms with Crippen molar-refractivity contribution < 1.29 is 15.3 Å². The molecule has 18 heavy (non-hydrogen) atoms. The van der Waals surface area contributed by atoms with Crippen molar-refractivity contribution in [3.63, 3.8) is 0 Å². The molecule has 1 aromatic carbocycles. The third kappa shape index (κ3) is 3.29. The molecular formula is C14H21NO3. The Morgan fingerprint density at radius 2 is 1.67 bits per heavy atom. The standard InChI is InChI=1S/C14H21NO3/c16-12-11(15-14(18)13(12)17)9-5-4-8-10-6-2-1-3-7-10/h1-3,6-7,11-18H,4-5,8-9H2/t11-,12-,13+,14-/m1/s1. The van der Waals surface area contributed by atoms with Crippen molar-refractivity contribution in [2.75, 3.05) is 0 Å². The second kappa shape index (κ2) is 6.29. The molecule has 4 atom stereocenters. The maximum atomic E-state index is 9.67. The van der Waals surface area contributed by atoms with E-state index in [0.717, 1.165) is 25.7 Å². The van der Waals surface area contributed by atoms with Gasteiger partial charge in [0.15, 0.2) is 0 Å². The maximum Gasteiger partial charge on any atom is 0.134 e. The minimum Gasteiger partial charge on any atom is -0.389 e. The topological polar surface area (TPSA) is 72.7 Å². The molecule has 0 saturated carbocycles. The largest absolute Gasteiger partial charge is 0.389 e. The predicted molar refractivity (Wildman–Crippen MR) is 68.9 cm³/mol. The third-order valence-electron chi connectivity index (χ3n) is 3.54. The summed E-state index contributed by atoms with van der Waals surface area (Å²) in [5, 5.41) is 31.2. The van der Waals surface area contributed by atoms with Crippen LogP contribution in [0.5, 0.6) is 0 Å². The first kappa shape index (κ1) is 13.5. The van der Waals surface area contributed by atoms with Crippen molar-refractivity contribution in [2.45, 2.75) is 50.2 Å². The van der Waals surface area contributed by atoms with Crippen molar-refractivity contribution in [1.82, 2.24) is 5.32 Å². The van der Waals surface area contributed by atoms with E-state index in [0.29, 0.717) is 0 Å². The lowest BCUT2D eigenvalue weighted by Crippen LogP contribution is -2.33.